The minimum atomic E-state index is 0.217. The average Bonchev–Trinajstić information content (AvgIpc) is 1.79. The maximum atomic E-state index is 12.5. The first-order valence-corrected chi connectivity index (χ1v) is 4.24. The maximum absolute atomic E-state index is 12.5. The second-order valence-corrected chi connectivity index (χ2v) is 4.26. The van der Waals surface area contributed by atoms with Crippen LogP contribution in [0.5, 0.6) is 0 Å². The molecular weight excluding hydrogens is 141 g/mol. The second-order valence-electron chi connectivity index (χ2n) is 4.26. The zero-order chi connectivity index (χ0) is 9.07. The van der Waals surface area contributed by atoms with Crippen molar-refractivity contribution in [2.24, 2.45) is 11.3 Å². The minimum Gasteiger partial charge on any atom is -0.149 e. The summed E-state index contributed by atoms with van der Waals surface area (Å²) in [7, 11) is 1.48. The van der Waals surface area contributed by atoms with Gasteiger partial charge in [-0.2, -0.15) is 0 Å². The fourth-order valence-electron chi connectivity index (χ4n) is 1.32. The largest absolute Gasteiger partial charge is 0.149 e. The van der Waals surface area contributed by atoms with Crippen LogP contribution in [-0.2, 0) is 0 Å². The first-order chi connectivity index (χ1) is 4.88. The van der Waals surface area contributed by atoms with Crippen LogP contribution in [0.4, 0.5) is 4.48 Å². The van der Waals surface area contributed by atoms with E-state index in [9.17, 15) is 4.48 Å². The van der Waals surface area contributed by atoms with Crippen molar-refractivity contribution in [2.75, 3.05) is 13.6 Å². The van der Waals surface area contributed by atoms with Crippen LogP contribution in [0.3, 0.4) is 0 Å². The van der Waals surface area contributed by atoms with E-state index in [4.69, 9.17) is 0 Å². The van der Waals surface area contributed by atoms with E-state index in [-0.39, 0.29) is 5.41 Å². The van der Waals surface area contributed by atoms with E-state index in [2.05, 4.69) is 27.7 Å². The lowest BCUT2D eigenvalue weighted by molar-refractivity contribution is 0.0161. The molecule has 0 fully saturated rings. The van der Waals surface area contributed by atoms with Crippen LogP contribution in [0.25, 0.3) is 0 Å². The second kappa shape index (κ2) is 4.05. The van der Waals surface area contributed by atoms with Gasteiger partial charge in [0.15, 0.2) is 0 Å². The van der Waals surface area contributed by atoms with Crippen molar-refractivity contribution in [3.8, 4) is 0 Å². The topological polar surface area (TPSA) is 3.24 Å². The quantitative estimate of drug-likeness (QED) is 0.575. The lowest BCUT2D eigenvalue weighted by Gasteiger charge is -2.30. The zero-order valence-corrected chi connectivity index (χ0v) is 8.32. The van der Waals surface area contributed by atoms with E-state index in [0.29, 0.717) is 12.5 Å². The fraction of sp³-hybridized carbons (Fsp3) is 1.00. The van der Waals surface area contributed by atoms with Crippen LogP contribution in [0.2, 0.25) is 0 Å². The van der Waals surface area contributed by atoms with Gasteiger partial charge in [0.05, 0.1) is 0 Å². The van der Waals surface area contributed by atoms with Crippen molar-refractivity contribution in [3.63, 3.8) is 0 Å². The Bertz CT molecular complexity index is 105. The van der Waals surface area contributed by atoms with Crippen LogP contribution in [-0.4, -0.2) is 18.7 Å². The van der Waals surface area contributed by atoms with Gasteiger partial charge < -0.3 is 0 Å². The molecule has 0 aromatic rings. The smallest absolute Gasteiger partial charge is 0.0320 e. The van der Waals surface area contributed by atoms with Gasteiger partial charge in [-0.25, -0.2) is 0 Å². The summed E-state index contributed by atoms with van der Waals surface area (Å²) in [6.45, 7) is 9.12. The highest BCUT2D eigenvalue weighted by Gasteiger charge is 2.23. The molecule has 0 spiro atoms. The summed E-state index contributed by atoms with van der Waals surface area (Å²) in [5.41, 5.74) is 0.217. The van der Waals surface area contributed by atoms with E-state index in [1.165, 1.54) is 7.05 Å². The summed E-state index contributed by atoms with van der Waals surface area (Å²) in [6.07, 6.45) is 1.04. The Morgan fingerprint density at radius 1 is 1.36 bits per heavy atom. The number of rotatable bonds is 3. The normalized spacial score (nSPS) is 15.5. The van der Waals surface area contributed by atoms with E-state index < -0.39 is 0 Å². The minimum absolute atomic E-state index is 0.217. The summed E-state index contributed by atoms with van der Waals surface area (Å²) < 4.78 is 12.5. The summed E-state index contributed by atoms with van der Waals surface area (Å²) in [4.78, 5) is 0. The van der Waals surface area contributed by atoms with Gasteiger partial charge in [0.1, 0.15) is 0 Å². The van der Waals surface area contributed by atoms with Crippen molar-refractivity contribution in [1.82, 2.24) is 5.12 Å². The molecular formula is C9H20FN. The number of halogens is 1. The average molecular weight is 161 g/mol. The monoisotopic (exact) mass is 161 g/mol. The Labute approximate surface area is 69.5 Å². The van der Waals surface area contributed by atoms with Gasteiger partial charge in [-0.15, -0.1) is 9.60 Å². The van der Waals surface area contributed by atoms with Gasteiger partial charge in [0, 0.05) is 13.6 Å². The molecule has 0 rings (SSSR count). The van der Waals surface area contributed by atoms with Crippen molar-refractivity contribution in [3.05, 3.63) is 0 Å². The van der Waals surface area contributed by atoms with Crippen LogP contribution in [0.1, 0.15) is 34.1 Å². The molecule has 1 unspecified atom stereocenters. The number of hydrogen-bond donors (Lipinski definition) is 0. The van der Waals surface area contributed by atoms with Crippen LogP contribution in [0, 0.1) is 11.3 Å². The molecule has 1 atom stereocenters. The number of hydrogen-bond acceptors (Lipinski definition) is 1. The van der Waals surface area contributed by atoms with Crippen molar-refractivity contribution in [1.29, 1.82) is 0 Å². The summed E-state index contributed by atoms with van der Waals surface area (Å²) in [5, 5.41) is 0.777. The van der Waals surface area contributed by atoms with Crippen LogP contribution >= 0.6 is 0 Å². The fourth-order valence-corrected chi connectivity index (χ4v) is 1.32. The Kier molecular flexibility index (Phi) is 4.01. The standard InChI is InChI=1S/C9H20FN/c1-6-8(7-11(5)10)9(2,3)4/h8H,6-7H2,1-5H3. The SMILES string of the molecule is CCC(CN(C)F)C(C)(C)C. The van der Waals surface area contributed by atoms with Crippen LogP contribution in [0.15, 0.2) is 0 Å². The third-order valence-corrected chi connectivity index (χ3v) is 2.19. The van der Waals surface area contributed by atoms with Gasteiger partial charge in [-0.1, -0.05) is 34.1 Å². The lowest BCUT2D eigenvalue weighted by atomic mass is 9.79. The summed E-state index contributed by atoms with van der Waals surface area (Å²) in [6, 6.07) is 0. The van der Waals surface area contributed by atoms with Gasteiger partial charge in [0.2, 0.25) is 0 Å². The highest BCUT2D eigenvalue weighted by atomic mass is 19.2. The molecule has 11 heavy (non-hydrogen) atoms. The molecule has 0 aliphatic heterocycles. The molecule has 0 radical (unpaired) electrons. The van der Waals surface area contributed by atoms with E-state index >= 15 is 0 Å². The lowest BCUT2D eigenvalue weighted by Crippen LogP contribution is -2.29. The highest BCUT2D eigenvalue weighted by molar-refractivity contribution is 4.73. The van der Waals surface area contributed by atoms with E-state index in [1.807, 2.05) is 0 Å². The molecule has 0 saturated carbocycles. The van der Waals surface area contributed by atoms with Crippen molar-refractivity contribution >= 4 is 0 Å². The van der Waals surface area contributed by atoms with E-state index in [1.54, 1.807) is 0 Å². The Morgan fingerprint density at radius 2 is 1.82 bits per heavy atom. The molecule has 2 heteroatoms. The van der Waals surface area contributed by atoms with Crippen molar-refractivity contribution < 1.29 is 4.48 Å². The molecule has 68 valence electrons. The zero-order valence-electron chi connectivity index (χ0n) is 8.32. The first kappa shape index (κ1) is 10.9. The summed E-state index contributed by atoms with van der Waals surface area (Å²) in [5.74, 6) is 0.442. The van der Waals surface area contributed by atoms with E-state index in [0.717, 1.165) is 11.5 Å². The predicted octanol–water partition coefficient (Wildman–Crippen LogP) is 2.88. The Balaban J connectivity index is 3.96. The third-order valence-electron chi connectivity index (χ3n) is 2.19. The Hall–Kier alpha value is -0.110. The van der Waals surface area contributed by atoms with Gasteiger partial charge in [-0.3, -0.25) is 0 Å². The third kappa shape index (κ3) is 4.35. The maximum Gasteiger partial charge on any atom is 0.0320 e. The molecule has 0 amide bonds. The molecule has 0 aromatic heterocycles. The van der Waals surface area contributed by atoms with Crippen molar-refractivity contribution in [2.45, 2.75) is 34.1 Å². The molecule has 0 aliphatic rings. The molecule has 0 saturated heterocycles. The molecule has 0 N–H and O–H groups in total. The highest BCUT2D eigenvalue weighted by Crippen LogP contribution is 2.28. The molecule has 0 bridgehead atoms. The molecule has 0 aromatic carbocycles. The molecule has 1 nitrogen and oxygen atoms in total. The number of nitrogens with zero attached hydrogens (tertiary/aromatic N) is 1. The van der Waals surface area contributed by atoms with Gasteiger partial charge in [0.25, 0.3) is 0 Å². The van der Waals surface area contributed by atoms with Crippen LogP contribution < -0.4 is 0 Å². The Morgan fingerprint density at radius 3 is 1.91 bits per heavy atom. The van der Waals surface area contributed by atoms with Gasteiger partial charge >= 0.3 is 0 Å². The summed E-state index contributed by atoms with van der Waals surface area (Å²) >= 11 is 0. The molecule has 0 heterocycles. The molecule has 0 aliphatic carbocycles. The van der Waals surface area contributed by atoms with Gasteiger partial charge in [-0.05, 0) is 11.3 Å². The first-order valence-electron chi connectivity index (χ1n) is 4.24. The predicted molar refractivity (Wildman–Crippen MR) is 47.0 cm³/mol.